The summed E-state index contributed by atoms with van der Waals surface area (Å²) >= 11 is 0. The molecule has 0 heterocycles. The molecule has 0 aliphatic heterocycles. The molecule has 2 atom stereocenters. The van der Waals surface area contributed by atoms with Gasteiger partial charge in [0.2, 0.25) is 0 Å². The van der Waals surface area contributed by atoms with Crippen molar-refractivity contribution in [3.63, 3.8) is 0 Å². The van der Waals surface area contributed by atoms with E-state index in [1.807, 2.05) is 0 Å². The monoisotopic (exact) mass is 257 g/mol. The number of hydrogen-bond donors (Lipinski definition) is 2. The van der Waals surface area contributed by atoms with Crippen molar-refractivity contribution >= 4 is 5.97 Å². The van der Waals surface area contributed by atoms with Crippen molar-refractivity contribution in [2.45, 2.75) is 65.0 Å². The first-order valence-electron chi connectivity index (χ1n) is 7.00. The van der Waals surface area contributed by atoms with Crippen LogP contribution in [0.3, 0.4) is 0 Å². The van der Waals surface area contributed by atoms with Gasteiger partial charge < -0.3 is 15.2 Å². The second kappa shape index (κ2) is 7.10. The zero-order valence-electron chi connectivity index (χ0n) is 11.9. The van der Waals surface area contributed by atoms with Gasteiger partial charge in [0, 0.05) is 12.6 Å². The van der Waals surface area contributed by atoms with Gasteiger partial charge in [-0.25, -0.2) is 0 Å². The fourth-order valence-corrected chi connectivity index (χ4v) is 2.66. The van der Waals surface area contributed by atoms with E-state index in [-0.39, 0.29) is 12.4 Å². The molecule has 0 bridgehead atoms. The molecule has 4 nitrogen and oxygen atoms in total. The lowest BCUT2D eigenvalue weighted by atomic mass is 9.75. The standard InChI is InChI=1S/C14H27NO3/c1-4-18-13(17)8-12(16)10-15-11-6-5-7-14(2,3)9-11/h11-12,15-16H,4-10H2,1-3H3. The SMILES string of the molecule is CCOC(=O)CC(O)CNC1CCCC(C)(C)C1. The molecule has 1 aliphatic rings. The third kappa shape index (κ3) is 5.83. The fraction of sp³-hybridized carbons (Fsp3) is 0.929. The summed E-state index contributed by atoms with van der Waals surface area (Å²) in [6, 6.07) is 0.464. The number of aliphatic hydroxyl groups excluding tert-OH is 1. The van der Waals surface area contributed by atoms with Gasteiger partial charge in [-0.05, 0) is 31.6 Å². The molecule has 2 N–H and O–H groups in total. The minimum absolute atomic E-state index is 0.0803. The Balaban J connectivity index is 2.21. The van der Waals surface area contributed by atoms with Crippen LogP contribution in [0.4, 0.5) is 0 Å². The molecule has 2 unspecified atom stereocenters. The van der Waals surface area contributed by atoms with Gasteiger partial charge in [0.15, 0.2) is 0 Å². The number of aliphatic hydroxyl groups is 1. The van der Waals surface area contributed by atoms with Crippen molar-refractivity contribution in [1.29, 1.82) is 0 Å². The topological polar surface area (TPSA) is 58.6 Å². The quantitative estimate of drug-likeness (QED) is 0.713. The van der Waals surface area contributed by atoms with Gasteiger partial charge in [0.1, 0.15) is 0 Å². The van der Waals surface area contributed by atoms with Crippen LogP contribution in [-0.4, -0.2) is 36.4 Å². The molecule has 1 saturated carbocycles. The van der Waals surface area contributed by atoms with E-state index < -0.39 is 6.10 Å². The fourth-order valence-electron chi connectivity index (χ4n) is 2.66. The number of carbonyl (C=O) groups excluding carboxylic acids is 1. The van der Waals surface area contributed by atoms with Crippen molar-refractivity contribution in [2.75, 3.05) is 13.2 Å². The second-order valence-electron chi connectivity index (χ2n) is 6.03. The molecule has 106 valence electrons. The first-order chi connectivity index (χ1) is 8.43. The molecular weight excluding hydrogens is 230 g/mol. The van der Waals surface area contributed by atoms with E-state index in [0.29, 0.717) is 24.6 Å². The van der Waals surface area contributed by atoms with Gasteiger partial charge in [0.05, 0.1) is 19.1 Å². The van der Waals surface area contributed by atoms with Crippen LogP contribution in [0.15, 0.2) is 0 Å². The number of esters is 1. The number of hydrogen-bond acceptors (Lipinski definition) is 4. The summed E-state index contributed by atoms with van der Waals surface area (Å²) in [7, 11) is 0. The molecule has 1 rings (SSSR count). The highest BCUT2D eigenvalue weighted by Gasteiger charge is 2.27. The lowest BCUT2D eigenvalue weighted by Gasteiger charge is -2.36. The lowest BCUT2D eigenvalue weighted by Crippen LogP contribution is -2.41. The van der Waals surface area contributed by atoms with Crippen LogP contribution in [0.5, 0.6) is 0 Å². The Labute approximate surface area is 110 Å². The molecule has 0 amide bonds. The normalized spacial score (nSPS) is 24.6. The summed E-state index contributed by atoms with van der Waals surface area (Å²) in [5.41, 5.74) is 0.391. The van der Waals surface area contributed by atoms with Gasteiger partial charge in [-0.1, -0.05) is 20.3 Å². The Bertz CT molecular complexity index is 266. The predicted molar refractivity (Wildman–Crippen MR) is 71.3 cm³/mol. The lowest BCUT2D eigenvalue weighted by molar-refractivity contribution is -0.145. The molecule has 1 aliphatic carbocycles. The third-order valence-electron chi connectivity index (χ3n) is 3.55. The summed E-state index contributed by atoms with van der Waals surface area (Å²) in [6.45, 7) is 7.19. The molecule has 18 heavy (non-hydrogen) atoms. The van der Waals surface area contributed by atoms with Gasteiger partial charge >= 0.3 is 5.97 Å². The second-order valence-corrected chi connectivity index (χ2v) is 6.03. The third-order valence-corrected chi connectivity index (χ3v) is 3.55. The van der Waals surface area contributed by atoms with E-state index in [9.17, 15) is 9.90 Å². The van der Waals surface area contributed by atoms with Crippen molar-refractivity contribution in [3.05, 3.63) is 0 Å². The molecule has 0 aromatic carbocycles. The zero-order chi connectivity index (χ0) is 13.6. The van der Waals surface area contributed by atoms with Crippen LogP contribution in [0.2, 0.25) is 0 Å². The highest BCUT2D eigenvalue weighted by molar-refractivity contribution is 5.69. The Morgan fingerprint density at radius 1 is 1.56 bits per heavy atom. The molecule has 0 radical (unpaired) electrons. The zero-order valence-corrected chi connectivity index (χ0v) is 11.9. The molecular formula is C14H27NO3. The number of nitrogens with one attached hydrogen (secondary N) is 1. The van der Waals surface area contributed by atoms with Crippen LogP contribution < -0.4 is 5.32 Å². The van der Waals surface area contributed by atoms with Gasteiger partial charge in [0.25, 0.3) is 0 Å². The maximum Gasteiger partial charge on any atom is 0.308 e. The Kier molecular flexibility index (Phi) is 6.09. The first-order valence-corrected chi connectivity index (χ1v) is 7.00. The van der Waals surface area contributed by atoms with Crippen molar-refractivity contribution in [3.8, 4) is 0 Å². The number of ether oxygens (including phenoxy) is 1. The molecule has 0 aromatic rings. The molecule has 4 heteroatoms. The molecule has 0 saturated heterocycles. The van der Waals surface area contributed by atoms with Crippen LogP contribution in [0, 0.1) is 5.41 Å². The highest BCUT2D eigenvalue weighted by atomic mass is 16.5. The summed E-state index contributed by atoms with van der Waals surface area (Å²) in [5, 5.41) is 13.1. The smallest absolute Gasteiger partial charge is 0.308 e. The summed E-state index contributed by atoms with van der Waals surface area (Å²) < 4.78 is 4.81. The summed E-state index contributed by atoms with van der Waals surface area (Å²) in [4.78, 5) is 11.2. The van der Waals surface area contributed by atoms with Gasteiger partial charge in [-0.2, -0.15) is 0 Å². The minimum Gasteiger partial charge on any atom is -0.466 e. The summed E-state index contributed by atoms with van der Waals surface area (Å²) in [5.74, 6) is -0.323. The van der Waals surface area contributed by atoms with Crippen molar-refractivity contribution < 1.29 is 14.6 Å². The van der Waals surface area contributed by atoms with E-state index >= 15 is 0 Å². The van der Waals surface area contributed by atoms with Crippen LogP contribution in [0.25, 0.3) is 0 Å². The predicted octanol–water partition coefficient (Wildman–Crippen LogP) is 1.86. The van der Waals surface area contributed by atoms with Crippen LogP contribution >= 0.6 is 0 Å². The van der Waals surface area contributed by atoms with E-state index in [1.165, 1.54) is 12.8 Å². The average Bonchev–Trinajstić information content (AvgIpc) is 2.25. The number of carbonyl (C=O) groups is 1. The molecule has 0 spiro atoms. The van der Waals surface area contributed by atoms with Crippen LogP contribution in [0.1, 0.15) is 52.9 Å². The number of rotatable bonds is 6. The van der Waals surface area contributed by atoms with Crippen LogP contribution in [-0.2, 0) is 9.53 Å². The van der Waals surface area contributed by atoms with Crippen molar-refractivity contribution in [1.82, 2.24) is 5.32 Å². The highest BCUT2D eigenvalue weighted by Crippen LogP contribution is 2.34. The first kappa shape index (κ1) is 15.4. The van der Waals surface area contributed by atoms with E-state index in [1.54, 1.807) is 6.92 Å². The Morgan fingerprint density at radius 3 is 2.89 bits per heavy atom. The largest absolute Gasteiger partial charge is 0.466 e. The van der Waals surface area contributed by atoms with E-state index in [4.69, 9.17) is 4.74 Å². The Morgan fingerprint density at radius 2 is 2.28 bits per heavy atom. The van der Waals surface area contributed by atoms with E-state index in [2.05, 4.69) is 19.2 Å². The summed E-state index contributed by atoms with van der Waals surface area (Å²) in [6.07, 6.45) is 4.25. The molecule has 1 fully saturated rings. The van der Waals surface area contributed by atoms with Crippen molar-refractivity contribution in [2.24, 2.45) is 5.41 Å². The van der Waals surface area contributed by atoms with Gasteiger partial charge in [-0.3, -0.25) is 4.79 Å². The average molecular weight is 257 g/mol. The molecule has 0 aromatic heterocycles. The van der Waals surface area contributed by atoms with Gasteiger partial charge in [-0.15, -0.1) is 0 Å². The van der Waals surface area contributed by atoms with E-state index in [0.717, 1.165) is 12.8 Å². The maximum atomic E-state index is 11.2. The Hall–Kier alpha value is -0.610. The minimum atomic E-state index is -0.644. The maximum absolute atomic E-state index is 11.2.